The second kappa shape index (κ2) is 3.76. The Hall–Kier alpha value is -0.610. The number of carbonyl (C=O) groups excluding carboxylic acids is 1. The summed E-state index contributed by atoms with van der Waals surface area (Å²) in [6, 6.07) is 0. The molecule has 0 radical (unpaired) electrons. The van der Waals surface area contributed by atoms with E-state index in [0.29, 0.717) is 18.8 Å². The number of rotatable bonds is 2. The highest BCUT2D eigenvalue weighted by Gasteiger charge is 2.38. The monoisotopic (exact) mass is 213 g/mol. The van der Waals surface area contributed by atoms with Gasteiger partial charge in [0.1, 0.15) is 5.60 Å². The lowest BCUT2D eigenvalue weighted by Crippen LogP contribution is -2.58. The van der Waals surface area contributed by atoms with Crippen LogP contribution in [-0.2, 0) is 14.3 Å². The molecule has 0 amide bonds. The molecular formula is C11H19NO3. The second-order valence-electron chi connectivity index (χ2n) is 5.40. The van der Waals surface area contributed by atoms with Crippen LogP contribution in [0, 0.1) is 0 Å². The molecule has 4 nitrogen and oxygen atoms in total. The molecule has 0 spiro atoms. The van der Waals surface area contributed by atoms with E-state index in [1.54, 1.807) is 0 Å². The summed E-state index contributed by atoms with van der Waals surface area (Å²) in [6.45, 7) is 7.81. The van der Waals surface area contributed by atoms with E-state index in [4.69, 9.17) is 9.47 Å². The quantitative estimate of drug-likeness (QED) is 0.636. The summed E-state index contributed by atoms with van der Waals surface area (Å²) in [5.74, 6) is -0.135. The summed E-state index contributed by atoms with van der Waals surface area (Å²) in [4.78, 5) is 13.7. The van der Waals surface area contributed by atoms with E-state index in [9.17, 15) is 4.79 Å². The van der Waals surface area contributed by atoms with Crippen LogP contribution in [0.1, 0.15) is 27.2 Å². The molecule has 3 fully saturated rings. The van der Waals surface area contributed by atoms with Crippen molar-refractivity contribution in [2.75, 3.05) is 19.6 Å². The van der Waals surface area contributed by atoms with Gasteiger partial charge in [-0.25, -0.2) is 0 Å². The standard InChI is InChI=1S/C11H19NO3/c1-11(2,3)15-10(13)7-12-5-8-4-9(6-12)14-8/h8-9H,4-7H2,1-3H3. The highest BCUT2D eigenvalue weighted by molar-refractivity contribution is 5.72. The SMILES string of the molecule is CC(C)(C)OC(=O)CN1CC2CC(C1)O2. The van der Waals surface area contributed by atoms with Crippen LogP contribution in [0.4, 0.5) is 0 Å². The Labute approximate surface area is 90.5 Å². The molecule has 4 heteroatoms. The molecule has 3 saturated heterocycles. The third-order valence-electron chi connectivity index (χ3n) is 2.61. The summed E-state index contributed by atoms with van der Waals surface area (Å²) in [6.07, 6.45) is 1.86. The van der Waals surface area contributed by atoms with Gasteiger partial charge in [0.2, 0.25) is 0 Å². The normalized spacial score (nSPS) is 30.9. The molecule has 3 aliphatic heterocycles. The Balaban J connectivity index is 1.75. The molecule has 3 aliphatic rings. The van der Waals surface area contributed by atoms with Crippen molar-refractivity contribution in [3.8, 4) is 0 Å². The smallest absolute Gasteiger partial charge is 0.320 e. The van der Waals surface area contributed by atoms with Crippen molar-refractivity contribution >= 4 is 5.97 Å². The van der Waals surface area contributed by atoms with E-state index in [0.717, 1.165) is 19.5 Å². The lowest BCUT2D eigenvalue weighted by molar-refractivity contribution is -0.187. The summed E-state index contributed by atoms with van der Waals surface area (Å²) < 4.78 is 10.8. The Morgan fingerprint density at radius 3 is 2.40 bits per heavy atom. The van der Waals surface area contributed by atoms with Crippen molar-refractivity contribution in [1.82, 2.24) is 4.90 Å². The first-order valence-corrected chi connectivity index (χ1v) is 5.52. The second-order valence-corrected chi connectivity index (χ2v) is 5.40. The van der Waals surface area contributed by atoms with E-state index in [2.05, 4.69) is 4.90 Å². The molecule has 3 heterocycles. The Morgan fingerprint density at radius 2 is 1.93 bits per heavy atom. The van der Waals surface area contributed by atoms with Crippen LogP contribution in [0.25, 0.3) is 0 Å². The molecule has 86 valence electrons. The van der Waals surface area contributed by atoms with Crippen LogP contribution in [0.5, 0.6) is 0 Å². The van der Waals surface area contributed by atoms with Gasteiger partial charge in [0, 0.05) is 19.5 Å². The zero-order valence-electron chi connectivity index (χ0n) is 9.66. The molecule has 0 saturated carbocycles. The fourth-order valence-electron chi connectivity index (χ4n) is 2.13. The van der Waals surface area contributed by atoms with E-state index in [1.807, 2.05) is 20.8 Å². The lowest BCUT2D eigenvalue weighted by atomic mass is 9.99. The van der Waals surface area contributed by atoms with Crippen molar-refractivity contribution in [2.45, 2.75) is 45.0 Å². The first-order valence-electron chi connectivity index (χ1n) is 5.52. The predicted molar refractivity (Wildman–Crippen MR) is 55.6 cm³/mol. The van der Waals surface area contributed by atoms with Gasteiger partial charge in [-0.2, -0.15) is 0 Å². The van der Waals surface area contributed by atoms with E-state index < -0.39 is 0 Å². The Bertz CT molecular complexity index is 243. The fourth-order valence-corrected chi connectivity index (χ4v) is 2.13. The third-order valence-corrected chi connectivity index (χ3v) is 2.61. The predicted octanol–water partition coefficient (Wildman–Crippen LogP) is 0.801. The highest BCUT2D eigenvalue weighted by Crippen LogP contribution is 2.27. The minimum Gasteiger partial charge on any atom is -0.459 e. The topological polar surface area (TPSA) is 38.8 Å². The largest absolute Gasteiger partial charge is 0.459 e. The zero-order chi connectivity index (χ0) is 11.1. The van der Waals surface area contributed by atoms with Crippen LogP contribution >= 0.6 is 0 Å². The number of carbonyl (C=O) groups is 1. The van der Waals surface area contributed by atoms with Crippen LogP contribution in [0.2, 0.25) is 0 Å². The maximum Gasteiger partial charge on any atom is 0.320 e. The van der Waals surface area contributed by atoms with Crippen LogP contribution < -0.4 is 0 Å². The van der Waals surface area contributed by atoms with Gasteiger partial charge < -0.3 is 9.47 Å². The molecule has 2 bridgehead atoms. The van der Waals surface area contributed by atoms with Gasteiger partial charge in [0.15, 0.2) is 0 Å². The highest BCUT2D eigenvalue weighted by atomic mass is 16.6. The number of morpholine rings is 1. The molecule has 0 aromatic heterocycles. The van der Waals surface area contributed by atoms with Gasteiger partial charge in [-0.05, 0) is 20.8 Å². The molecule has 15 heavy (non-hydrogen) atoms. The van der Waals surface area contributed by atoms with Crippen LogP contribution in [-0.4, -0.2) is 48.3 Å². The first-order chi connectivity index (χ1) is 6.92. The minimum atomic E-state index is -0.383. The van der Waals surface area contributed by atoms with Gasteiger partial charge >= 0.3 is 5.97 Å². The van der Waals surface area contributed by atoms with E-state index in [1.165, 1.54) is 0 Å². The van der Waals surface area contributed by atoms with Crippen molar-refractivity contribution in [3.63, 3.8) is 0 Å². The first kappa shape index (κ1) is 10.9. The van der Waals surface area contributed by atoms with Gasteiger partial charge in [-0.3, -0.25) is 9.69 Å². The lowest BCUT2D eigenvalue weighted by Gasteiger charge is -2.46. The number of esters is 1. The Morgan fingerprint density at radius 1 is 1.40 bits per heavy atom. The number of piperidine rings is 1. The maximum atomic E-state index is 11.5. The molecule has 0 N–H and O–H groups in total. The third kappa shape index (κ3) is 2.92. The zero-order valence-corrected chi connectivity index (χ0v) is 9.66. The van der Waals surface area contributed by atoms with Crippen LogP contribution in [0.3, 0.4) is 0 Å². The number of fused-ring (bicyclic) bond motifs is 2. The van der Waals surface area contributed by atoms with Gasteiger partial charge in [0.05, 0.1) is 18.8 Å². The molecule has 0 aromatic rings. The van der Waals surface area contributed by atoms with Crippen molar-refractivity contribution in [1.29, 1.82) is 0 Å². The molecule has 2 atom stereocenters. The molecule has 3 rings (SSSR count). The van der Waals surface area contributed by atoms with Gasteiger partial charge in [-0.15, -0.1) is 0 Å². The maximum absolute atomic E-state index is 11.5. The van der Waals surface area contributed by atoms with Crippen LogP contribution in [0.15, 0.2) is 0 Å². The molecular weight excluding hydrogens is 194 g/mol. The molecule has 0 aromatic carbocycles. The van der Waals surface area contributed by atoms with E-state index in [-0.39, 0.29) is 11.6 Å². The average molecular weight is 213 g/mol. The molecule has 2 unspecified atom stereocenters. The number of hydrogen-bond donors (Lipinski definition) is 0. The van der Waals surface area contributed by atoms with Crippen molar-refractivity contribution < 1.29 is 14.3 Å². The number of nitrogens with zero attached hydrogens (tertiary/aromatic N) is 1. The van der Waals surface area contributed by atoms with Gasteiger partial charge in [0.25, 0.3) is 0 Å². The van der Waals surface area contributed by atoms with E-state index >= 15 is 0 Å². The Kier molecular flexibility index (Phi) is 2.73. The van der Waals surface area contributed by atoms with Crippen molar-refractivity contribution in [3.05, 3.63) is 0 Å². The summed E-state index contributed by atoms with van der Waals surface area (Å²) in [5, 5.41) is 0. The minimum absolute atomic E-state index is 0.135. The summed E-state index contributed by atoms with van der Waals surface area (Å²) >= 11 is 0. The number of ether oxygens (including phenoxy) is 2. The summed E-state index contributed by atoms with van der Waals surface area (Å²) in [5.41, 5.74) is -0.383. The molecule has 0 aliphatic carbocycles. The average Bonchev–Trinajstić information content (AvgIpc) is 1.97. The fraction of sp³-hybridized carbons (Fsp3) is 0.909. The van der Waals surface area contributed by atoms with Crippen molar-refractivity contribution in [2.24, 2.45) is 0 Å². The number of hydrogen-bond acceptors (Lipinski definition) is 4. The van der Waals surface area contributed by atoms with Gasteiger partial charge in [-0.1, -0.05) is 0 Å². The summed E-state index contributed by atoms with van der Waals surface area (Å²) in [7, 11) is 0.